The van der Waals surface area contributed by atoms with Gasteiger partial charge in [0.2, 0.25) is 8.32 Å². The smallest absolute Gasteiger partial charge is 0.244 e. The fourth-order valence-electron chi connectivity index (χ4n) is 2.97. The molecule has 1 aliphatic rings. The minimum Gasteiger partial charge on any atom is -0.547 e. The Labute approximate surface area is 128 Å². The van der Waals surface area contributed by atoms with Crippen molar-refractivity contribution in [2.24, 2.45) is 0 Å². The summed E-state index contributed by atoms with van der Waals surface area (Å²) in [7, 11) is -1.47. The molecule has 1 nitrogen and oxygen atoms in total. The van der Waals surface area contributed by atoms with Gasteiger partial charge >= 0.3 is 0 Å². The second-order valence-corrected chi connectivity index (χ2v) is 11.2. The molecule has 1 aliphatic carbocycles. The minimum absolute atomic E-state index is 1.18. The van der Waals surface area contributed by atoms with Gasteiger partial charge in [-0.2, -0.15) is 0 Å². The monoisotopic (exact) mass is 296 g/mol. The average molecular weight is 297 g/mol. The Balaban J connectivity index is 2.48. The van der Waals surface area contributed by atoms with Gasteiger partial charge in [-0.25, -0.2) is 0 Å². The Morgan fingerprint density at radius 3 is 2.20 bits per heavy atom. The third-order valence-electron chi connectivity index (χ3n) is 4.29. The van der Waals surface area contributed by atoms with Crippen LogP contribution in [0.1, 0.15) is 84.0 Å². The van der Waals surface area contributed by atoms with Crippen molar-refractivity contribution in [3.63, 3.8) is 0 Å². The Bertz CT molecular complexity index is 271. The SMILES string of the molecule is CCCC[Si](C)(C)OC1=CCCCCCCCCCC1. The summed E-state index contributed by atoms with van der Waals surface area (Å²) in [5.74, 6) is 1.33. The molecular weight excluding hydrogens is 260 g/mol. The van der Waals surface area contributed by atoms with E-state index in [1.165, 1.54) is 88.9 Å². The molecule has 0 radical (unpaired) electrons. The molecule has 0 unspecified atom stereocenters. The highest BCUT2D eigenvalue weighted by molar-refractivity contribution is 6.71. The van der Waals surface area contributed by atoms with Gasteiger partial charge in [0.15, 0.2) is 0 Å². The van der Waals surface area contributed by atoms with Gasteiger partial charge in [-0.1, -0.05) is 58.3 Å². The first kappa shape index (κ1) is 17.8. The van der Waals surface area contributed by atoms with Gasteiger partial charge in [-0.05, 0) is 44.5 Å². The van der Waals surface area contributed by atoms with E-state index in [-0.39, 0.29) is 0 Å². The van der Waals surface area contributed by atoms with Crippen molar-refractivity contribution in [3.05, 3.63) is 11.8 Å². The summed E-state index contributed by atoms with van der Waals surface area (Å²) < 4.78 is 6.48. The first-order chi connectivity index (χ1) is 9.64. The maximum Gasteiger partial charge on any atom is 0.244 e. The van der Waals surface area contributed by atoms with E-state index >= 15 is 0 Å². The predicted molar refractivity (Wildman–Crippen MR) is 92.5 cm³/mol. The molecule has 0 atom stereocenters. The summed E-state index contributed by atoms with van der Waals surface area (Å²) in [6.07, 6.45) is 18.7. The molecule has 2 heteroatoms. The van der Waals surface area contributed by atoms with Crippen LogP contribution in [0.4, 0.5) is 0 Å². The number of rotatable bonds is 5. The second-order valence-electron chi connectivity index (χ2n) is 7.00. The largest absolute Gasteiger partial charge is 0.547 e. The molecule has 0 amide bonds. The van der Waals surface area contributed by atoms with Crippen molar-refractivity contribution >= 4 is 8.32 Å². The summed E-state index contributed by atoms with van der Waals surface area (Å²) in [4.78, 5) is 0. The molecule has 0 fully saturated rings. The third kappa shape index (κ3) is 8.83. The molecule has 0 aromatic carbocycles. The van der Waals surface area contributed by atoms with E-state index in [9.17, 15) is 0 Å². The molecule has 0 spiro atoms. The van der Waals surface area contributed by atoms with Gasteiger partial charge in [0.05, 0.1) is 5.76 Å². The first-order valence-corrected chi connectivity index (χ1v) is 12.1. The lowest BCUT2D eigenvalue weighted by molar-refractivity contribution is 0.379. The van der Waals surface area contributed by atoms with E-state index in [0.29, 0.717) is 0 Å². The molecular formula is C18H36OSi. The van der Waals surface area contributed by atoms with Gasteiger partial charge in [-0.15, -0.1) is 0 Å². The summed E-state index contributed by atoms with van der Waals surface area (Å²) in [5, 5.41) is 0. The van der Waals surface area contributed by atoms with E-state index in [1.807, 2.05) is 0 Å². The molecule has 0 saturated carbocycles. The topological polar surface area (TPSA) is 9.23 Å². The molecule has 0 aliphatic heterocycles. The van der Waals surface area contributed by atoms with Crippen LogP contribution < -0.4 is 0 Å². The van der Waals surface area contributed by atoms with E-state index in [0.717, 1.165) is 0 Å². The number of unbranched alkanes of at least 4 members (excludes halogenated alkanes) is 1. The molecule has 0 bridgehead atoms. The first-order valence-electron chi connectivity index (χ1n) is 9.02. The fraction of sp³-hybridized carbons (Fsp3) is 0.889. The van der Waals surface area contributed by atoms with Gasteiger partial charge in [0, 0.05) is 6.42 Å². The maximum atomic E-state index is 6.48. The lowest BCUT2D eigenvalue weighted by Gasteiger charge is -2.26. The van der Waals surface area contributed by atoms with Crippen molar-refractivity contribution in [3.8, 4) is 0 Å². The molecule has 1 rings (SSSR count). The predicted octanol–water partition coefficient (Wildman–Crippen LogP) is 6.81. The van der Waals surface area contributed by atoms with Gasteiger partial charge in [0.1, 0.15) is 0 Å². The lowest BCUT2D eigenvalue weighted by Crippen LogP contribution is -2.29. The van der Waals surface area contributed by atoms with Crippen LogP contribution >= 0.6 is 0 Å². The van der Waals surface area contributed by atoms with Crippen molar-refractivity contribution in [2.45, 2.75) is 103 Å². The van der Waals surface area contributed by atoms with Crippen LogP contribution in [0, 0.1) is 0 Å². The normalized spacial score (nSPS) is 19.6. The van der Waals surface area contributed by atoms with Crippen LogP contribution in [0.2, 0.25) is 19.1 Å². The lowest BCUT2D eigenvalue weighted by atomic mass is 10.0. The van der Waals surface area contributed by atoms with Crippen molar-refractivity contribution in [1.29, 1.82) is 0 Å². The summed E-state index contributed by atoms with van der Waals surface area (Å²) >= 11 is 0. The quantitative estimate of drug-likeness (QED) is 0.506. The van der Waals surface area contributed by atoms with E-state index in [1.54, 1.807) is 0 Å². The third-order valence-corrected chi connectivity index (χ3v) is 6.66. The highest BCUT2D eigenvalue weighted by Crippen LogP contribution is 2.24. The summed E-state index contributed by atoms with van der Waals surface area (Å²) in [6.45, 7) is 7.05. The molecule has 0 N–H and O–H groups in total. The van der Waals surface area contributed by atoms with Crippen LogP contribution in [-0.4, -0.2) is 8.32 Å². The van der Waals surface area contributed by atoms with Crippen LogP contribution in [-0.2, 0) is 4.43 Å². The standard InChI is InChI=1S/C18H36OSi/c1-4-5-17-20(2,3)19-18-15-13-11-9-7-6-8-10-12-14-16-18/h15H,4-14,16-17H2,1-3H3. The van der Waals surface area contributed by atoms with Crippen LogP contribution in [0.3, 0.4) is 0 Å². The number of allylic oxidation sites excluding steroid dienone is 2. The molecule has 0 heterocycles. The summed E-state index contributed by atoms with van der Waals surface area (Å²) in [6, 6.07) is 1.31. The fourth-order valence-corrected chi connectivity index (χ4v) is 5.17. The Kier molecular flexibility index (Phi) is 9.33. The Morgan fingerprint density at radius 1 is 0.950 bits per heavy atom. The summed E-state index contributed by atoms with van der Waals surface area (Å²) in [5.41, 5.74) is 0. The van der Waals surface area contributed by atoms with Gasteiger partial charge in [-0.3, -0.25) is 0 Å². The zero-order valence-corrected chi connectivity index (χ0v) is 15.2. The van der Waals surface area contributed by atoms with Crippen LogP contribution in [0.5, 0.6) is 0 Å². The van der Waals surface area contributed by atoms with Crippen molar-refractivity contribution < 1.29 is 4.43 Å². The minimum atomic E-state index is -1.47. The van der Waals surface area contributed by atoms with E-state index in [4.69, 9.17) is 4.43 Å². The van der Waals surface area contributed by atoms with Crippen LogP contribution in [0.25, 0.3) is 0 Å². The zero-order valence-electron chi connectivity index (χ0n) is 14.2. The second kappa shape index (κ2) is 10.5. The Morgan fingerprint density at radius 2 is 1.55 bits per heavy atom. The molecule has 0 aromatic rings. The molecule has 118 valence electrons. The molecule has 0 aromatic heterocycles. The van der Waals surface area contributed by atoms with Gasteiger partial charge < -0.3 is 4.43 Å². The zero-order chi connectivity index (χ0) is 14.7. The number of hydrogen-bond acceptors (Lipinski definition) is 1. The van der Waals surface area contributed by atoms with E-state index in [2.05, 4.69) is 26.1 Å². The molecule has 0 saturated heterocycles. The van der Waals surface area contributed by atoms with E-state index < -0.39 is 8.32 Å². The highest BCUT2D eigenvalue weighted by Gasteiger charge is 2.24. The van der Waals surface area contributed by atoms with Crippen molar-refractivity contribution in [2.75, 3.05) is 0 Å². The Hall–Kier alpha value is -0.243. The van der Waals surface area contributed by atoms with Crippen molar-refractivity contribution in [1.82, 2.24) is 0 Å². The number of hydrogen-bond donors (Lipinski definition) is 0. The highest BCUT2D eigenvalue weighted by atomic mass is 28.4. The average Bonchev–Trinajstić information content (AvgIpc) is 2.39. The maximum absolute atomic E-state index is 6.48. The van der Waals surface area contributed by atoms with Gasteiger partial charge in [0.25, 0.3) is 0 Å². The van der Waals surface area contributed by atoms with Crippen LogP contribution in [0.15, 0.2) is 11.8 Å². The molecule has 20 heavy (non-hydrogen) atoms.